The van der Waals surface area contributed by atoms with E-state index >= 15 is 0 Å². The van der Waals surface area contributed by atoms with Gasteiger partial charge in [0.1, 0.15) is 5.76 Å². The highest BCUT2D eigenvalue weighted by molar-refractivity contribution is 5.03. The van der Waals surface area contributed by atoms with Crippen molar-refractivity contribution in [2.45, 2.75) is 39.9 Å². The lowest BCUT2D eigenvalue weighted by Crippen LogP contribution is -2.12. The van der Waals surface area contributed by atoms with Gasteiger partial charge in [-0.05, 0) is 13.3 Å². The Morgan fingerprint density at radius 3 is 2.94 bits per heavy atom. The van der Waals surface area contributed by atoms with Crippen molar-refractivity contribution in [2.24, 2.45) is 0 Å². The number of aryl methyl sites for hydroxylation is 2. The van der Waals surface area contributed by atoms with E-state index in [9.17, 15) is 0 Å². The van der Waals surface area contributed by atoms with Crippen LogP contribution in [-0.2, 0) is 19.6 Å². The Bertz CT molecular complexity index is 461. The number of nitrogens with one attached hydrogen (secondary N) is 1. The topological polar surface area (TPSA) is 55.9 Å². The third-order valence-corrected chi connectivity index (χ3v) is 2.41. The molecule has 17 heavy (non-hydrogen) atoms. The van der Waals surface area contributed by atoms with Crippen molar-refractivity contribution < 1.29 is 4.42 Å². The smallest absolute Gasteiger partial charge is 0.208 e. The van der Waals surface area contributed by atoms with Gasteiger partial charge in [0.25, 0.3) is 0 Å². The van der Waals surface area contributed by atoms with Crippen molar-refractivity contribution in [1.82, 2.24) is 20.1 Å². The lowest BCUT2D eigenvalue weighted by molar-refractivity contribution is 0.449. The maximum Gasteiger partial charge on any atom is 0.208 e. The first-order valence-corrected chi connectivity index (χ1v) is 5.91. The first-order valence-electron chi connectivity index (χ1n) is 5.91. The molecule has 2 rings (SSSR count). The van der Waals surface area contributed by atoms with Crippen LogP contribution >= 0.6 is 0 Å². The lowest BCUT2D eigenvalue weighted by atomic mass is 10.3. The molecule has 0 saturated carbocycles. The molecule has 0 bridgehead atoms. The quantitative estimate of drug-likeness (QED) is 0.829. The number of hydrogen-bond donors (Lipinski definition) is 1. The van der Waals surface area contributed by atoms with Gasteiger partial charge in [0.15, 0.2) is 0 Å². The molecule has 5 heteroatoms. The summed E-state index contributed by atoms with van der Waals surface area (Å²) in [6.45, 7) is 6.44. The van der Waals surface area contributed by atoms with Crippen molar-refractivity contribution in [1.29, 1.82) is 0 Å². The Morgan fingerprint density at radius 1 is 1.35 bits per heavy atom. The summed E-state index contributed by atoms with van der Waals surface area (Å²) in [5.74, 6) is 1.57. The fourth-order valence-electron chi connectivity index (χ4n) is 1.65. The lowest BCUT2D eigenvalue weighted by Gasteiger charge is -1.99. The third kappa shape index (κ3) is 3.42. The Kier molecular flexibility index (Phi) is 3.93. The van der Waals surface area contributed by atoms with Crippen LogP contribution in [0, 0.1) is 6.92 Å². The molecule has 0 atom stereocenters. The minimum absolute atomic E-state index is 0.646. The Hall–Kier alpha value is -1.62. The van der Waals surface area contributed by atoms with E-state index in [1.807, 2.05) is 17.8 Å². The molecule has 2 aromatic rings. The van der Waals surface area contributed by atoms with E-state index < -0.39 is 0 Å². The predicted octanol–water partition coefficient (Wildman–Crippen LogP) is 1.88. The highest BCUT2D eigenvalue weighted by atomic mass is 16.4. The van der Waals surface area contributed by atoms with Gasteiger partial charge in [0.05, 0.1) is 18.9 Å². The van der Waals surface area contributed by atoms with Crippen molar-refractivity contribution in [2.75, 3.05) is 0 Å². The molecular formula is C12H18N4O. The molecule has 0 aromatic carbocycles. The Balaban J connectivity index is 1.77. The molecule has 2 heterocycles. The van der Waals surface area contributed by atoms with Crippen LogP contribution in [0.25, 0.3) is 0 Å². The van der Waals surface area contributed by atoms with E-state index in [1.165, 1.54) is 5.56 Å². The van der Waals surface area contributed by atoms with Gasteiger partial charge in [-0.3, -0.25) is 4.68 Å². The molecule has 0 spiro atoms. The maximum absolute atomic E-state index is 5.37. The third-order valence-electron chi connectivity index (χ3n) is 2.41. The number of nitrogens with zero attached hydrogens (tertiary/aromatic N) is 3. The minimum atomic E-state index is 0.646. The van der Waals surface area contributed by atoms with Crippen molar-refractivity contribution >= 4 is 0 Å². The highest BCUT2D eigenvalue weighted by Crippen LogP contribution is 2.02. The average molecular weight is 234 g/mol. The zero-order chi connectivity index (χ0) is 12.1. The normalized spacial score (nSPS) is 10.9. The number of oxazole rings is 1. The molecule has 0 unspecified atom stereocenters. The summed E-state index contributed by atoms with van der Waals surface area (Å²) >= 11 is 0. The first kappa shape index (κ1) is 11.9. The second-order valence-corrected chi connectivity index (χ2v) is 4.08. The van der Waals surface area contributed by atoms with Crippen LogP contribution in [0.3, 0.4) is 0 Å². The molecule has 0 radical (unpaired) electrons. The van der Waals surface area contributed by atoms with Crippen LogP contribution in [0.15, 0.2) is 23.0 Å². The Labute approximate surface area is 101 Å². The van der Waals surface area contributed by atoms with E-state index in [0.29, 0.717) is 6.54 Å². The van der Waals surface area contributed by atoms with E-state index in [1.54, 1.807) is 6.20 Å². The van der Waals surface area contributed by atoms with E-state index in [-0.39, 0.29) is 0 Å². The second kappa shape index (κ2) is 5.63. The van der Waals surface area contributed by atoms with Gasteiger partial charge in [0.2, 0.25) is 5.89 Å². The van der Waals surface area contributed by atoms with Crippen LogP contribution in [0.5, 0.6) is 0 Å². The monoisotopic (exact) mass is 234 g/mol. The standard InChI is InChI=1S/C12H18N4O/c1-3-4-16-9-11(7-15-16)6-13-8-12-14-5-10(2)17-12/h5,7,9,13H,3-4,6,8H2,1-2H3. The van der Waals surface area contributed by atoms with Gasteiger partial charge in [-0.1, -0.05) is 6.92 Å². The molecule has 0 fully saturated rings. The molecule has 0 aliphatic rings. The summed E-state index contributed by atoms with van der Waals surface area (Å²) in [4.78, 5) is 4.13. The van der Waals surface area contributed by atoms with E-state index in [2.05, 4.69) is 28.5 Å². The summed E-state index contributed by atoms with van der Waals surface area (Å²) in [5.41, 5.74) is 1.18. The first-order chi connectivity index (χ1) is 8.28. The van der Waals surface area contributed by atoms with Crippen molar-refractivity contribution in [3.05, 3.63) is 35.8 Å². The molecule has 5 nitrogen and oxygen atoms in total. The zero-order valence-electron chi connectivity index (χ0n) is 10.3. The van der Waals surface area contributed by atoms with Gasteiger partial charge in [0, 0.05) is 24.8 Å². The van der Waals surface area contributed by atoms with E-state index in [0.717, 1.165) is 31.2 Å². The van der Waals surface area contributed by atoms with Crippen LogP contribution in [0.2, 0.25) is 0 Å². The molecule has 0 aliphatic heterocycles. The van der Waals surface area contributed by atoms with Crippen LogP contribution < -0.4 is 5.32 Å². The summed E-state index contributed by atoms with van der Waals surface area (Å²) in [6.07, 6.45) is 6.79. The van der Waals surface area contributed by atoms with Crippen LogP contribution in [0.1, 0.15) is 30.6 Å². The van der Waals surface area contributed by atoms with E-state index in [4.69, 9.17) is 4.42 Å². The second-order valence-electron chi connectivity index (χ2n) is 4.08. The SMILES string of the molecule is CCCn1cc(CNCc2ncc(C)o2)cn1. The molecule has 2 aromatic heterocycles. The molecule has 92 valence electrons. The number of hydrogen-bond acceptors (Lipinski definition) is 4. The van der Waals surface area contributed by atoms with Gasteiger partial charge in [-0.15, -0.1) is 0 Å². The molecule has 1 N–H and O–H groups in total. The minimum Gasteiger partial charge on any atom is -0.445 e. The fraction of sp³-hybridized carbons (Fsp3) is 0.500. The molecule has 0 saturated heterocycles. The van der Waals surface area contributed by atoms with Crippen LogP contribution in [-0.4, -0.2) is 14.8 Å². The van der Waals surface area contributed by atoms with Crippen molar-refractivity contribution in [3.8, 4) is 0 Å². The highest BCUT2D eigenvalue weighted by Gasteiger charge is 2.01. The summed E-state index contributed by atoms with van der Waals surface area (Å²) in [5, 5.41) is 7.55. The number of rotatable bonds is 6. The summed E-state index contributed by atoms with van der Waals surface area (Å²) in [7, 11) is 0. The average Bonchev–Trinajstić information content (AvgIpc) is 2.89. The number of aromatic nitrogens is 3. The van der Waals surface area contributed by atoms with Gasteiger partial charge in [-0.25, -0.2) is 4.98 Å². The summed E-state index contributed by atoms with van der Waals surface area (Å²) < 4.78 is 7.34. The van der Waals surface area contributed by atoms with Gasteiger partial charge >= 0.3 is 0 Å². The molecule has 0 aliphatic carbocycles. The van der Waals surface area contributed by atoms with Crippen LogP contribution in [0.4, 0.5) is 0 Å². The molecular weight excluding hydrogens is 216 g/mol. The maximum atomic E-state index is 5.37. The Morgan fingerprint density at radius 2 is 2.24 bits per heavy atom. The zero-order valence-corrected chi connectivity index (χ0v) is 10.3. The molecule has 0 amide bonds. The largest absolute Gasteiger partial charge is 0.445 e. The predicted molar refractivity (Wildman–Crippen MR) is 64.3 cm³/mol. The fourth-order valence-corrected chi connectivity index (χ4v) is 1.65. The summed E-state index contributed by atoms with van der Waals surface area (Å²) in [6, 6.07) is 0. The van der Waals surface area contributed by atoms with Gasteiger partial charge < -0.3 is 9.73 Å². The van der Waals surface area contributed by atoms with Gasteiger partial charge in [-0.2, -0.15) is 5.10 Å². The van der Waals surface area contributed by atoms with Crippen molar-refractivity contribution in [3.63, 3.8) is 0 Å².